The van der Waals surface area contributed by atoms with Crippen molar-refractivity contribution in [2.75, 3.05) is 25.1 Å². The highest BCUT2D eigenvalue weighted by atomic mass is 32.2. The first-order chi connectivity index (χ1) is 5.95. The Hall–Kier alpha value is -0.820. The van der Waals surface area contributed by atoms with E-state index in [1.807, 2.05) is 0 Å². The molecule has 78 valence electrons. The summed E-state index contributed by atoms with van der Waals surface area (Å²) in [6.07, 6.45) is 1.58. The molecule has 0 radical (unpaired) electrons. The molecule has 7 heteroatoms. The smallest absolute Gasteiger partial charge is 0.148 e. The van der Waals surface area contributed by atoms with Crippen LogP contribution < -0.4 is 11.1 Å². The van der Waals surface area contributed by atoms with Crippen molar-refractivity contribution in [2.45, 2.75) is 6.42 Å². The molecule has 13 heavy (non-hydrogen) atoms. The van der Waals surface area contributed by atoms with Crippen molar-refractivity contribution in [3.8, 4) is 0 Å². The van der Waals surface area contributed by atoms with Gasteiger partial charge in [0.2, 0.25) is 0 Å². The Kier molecular flexibility index (Phi) is 5.40. The summed E-state index contributed by atoms with van der Waals surface area (Å²) in [5.74, 6) is 0.232. The van der Waals surface area contributed by atoms with Gasteiger partial charge in [-0.1, -0.05) is 5.16 Å². The van der Waals surface area contributed by atoms with Crippen molar-refractivity contribution in [3.63, 3.8) is 0 Å². The number of nitrogens with one attached hydrogen (secondary N) is 1. The number of nitrogens with two attached hydrogens (primary N) is 1. The molecular weight excluding hydrogens is 194 g/mol. The van der Waals surface area contributed by atoms with Crippen LogP contribution in [0.5, 0.6) is 0 Å². The fraction of sp³-hybridized carbons (Fsp3) is 0.833. The van der Waals surface area contributed by atoms with Crippen molar-refractivity contribution in [2.24, 2.45) is 10.9 Å². The van der Waals surface area contributed by atoms with E-state index in [1.165, 1.54) is 6.26 Å². The molecule has 0 bridgehead atoms. The molecule has 0 amide bonds. The Labute approximate surface area is 77.7 Å². The minimum atomic E-state index is -2.90. The van der Waals surface area contributed by atoms with Gasteiger partial charge < -0.3 is 16.3 Å². The van der Waals surface area contributed by atoms with E-state index in [-0.39, 0.29) is 11.6 Å². The van der Waals surface area contributed by atoms with Gasteiger partial charge in [0.1, 0.15) is 15.7 Å². The summed E-state index contributed by atoms with van der Waals surface area (Å²) in [7, 11) is -2.90. The molecule has 0 heterocycles. The highest BCUT2D eigenvalue weighted by Crippen LogP contribution is 1.81. The average molecular weight is 209 g/mol. The summed E-state index contributed by atoms with van der Waals surface area (Å²) in [5.41, 5.74) is 5.18. The highest BCUT2D eigenvalue weighted by molar-refractivity contribution is 7.90. The first-order valence-electron chi connectivity index (χ1n) is 3.80. The number of hydrogen-bond donors (Lipinski definition) is 3. The first kappa shape index (κ1) is 12.2. The third-order valence-electron chi connectivity index (χ3n) is 1.34. The van der Waals surface area contributed by atoms with Gasteiger partial charge in [-0.05, 0) is 0 Å². The van der Waals surface area contributed by atoms with Crippen molar-refractivity contribution < 1.29 is 13.6 Å². The van der Waals surface area contributed by atoms with Gasteiger partial charge in [-0.2, -0.15) is 0 Å². The van der Waals surface area contributed by atoms with Crippen molar-refractivity contribution in [3.05, 3.63) is 0 Å². The summed E-state index contributed by atoms with van der Waals surface area (Å²) in [6, 6.07) is 0. The Morgan fingerprint density at radius 3 is 2.62 bits per heavy atom. The summed E-state index contributed by atoms with van der Waals surface area (Å²) < 4.78 is 21.3. The molecule has 4 N–H and O–H groups in total. The predicted molar refractivity (Wildman–Crippen MR) is 50.6 cm³/mol. The van der Waals surface area contributed by atoms with Crippen LogP contribution in [0.15, 0.2) is 5.16 Å². The maximum Gasteiger partial charge on any atom is 0.148 e. The van der Waals surface area contributed by atoms with Crippen molar-refractivity contribution in [1.29, 1.82) is 0 Å². The van der Waals surface area contributed by atoms with Gasteiger partial charge in [0.05, 0.1) is 5.75 Å². The minimum Gasteiger partial charge on any atom is -0.409 e. The van der Waals surface area contributed by atoms with Gasteiger partial charge >= 0.3 is 0 Å². The van der Waals surface area contributed by atoms with E-state index in [2.05, 4.69) is 10.5 Å². The van der Waals surface area contributed by atoms with Crippen molar-refractivity contribution in [1.82, 2.24) is 5.32 Å². The predicted octanol–water partition coefficient (Wildman–Crippen LogP) is -1.24. The second kappa shape index (κ2) is 5.76. The fourth-order valence-electron chi connectivity index (χ4n) is 0.649. The molecule has 0 aliphatic carbocycles. The third-order valence-corrected chi connectivity index (χ3v) is 2.28. The van der Waals surface area contributed by atoms with Crippen LogP contribution in [0.4, 0.5) is 0 Å². The molecule has 0 saturated carbocycles. The van der Waals surface area contributed by atoms with Crippen LogP contribution >= 0.6 is 0 Å². The second-order valence-corrected chi connectivity index (χ2v) is 4.98. The SMILES string of the molecule is CS(=O)(=O)CCNCCC(N)=NO. The van der Waals surface area contributed by atoms with Crippen LogP contribution in [-0.2, 0) is 9.84 Å². The molecule has 0 saturated heterocycles. The van der Waals surface area contributed by atoms with E-state index in [0.717, 1.165) is 0 Å². The number of oxime groups is 1. The molecule has 0 atom stereocenters. The van der Waals surface area contributed by atoms with Gasteiger partial charge in [0, 0.05) is 25.8 Å². The van der Waals surface area contributed by atoms with Crippen LogP contribution in [0.25, 0.3) is 0 Å². The molecule has 6 nitrogen and oxygen atoms in total. The number of rotatable bonds is 6. The monoisotopic (exact) mass is 209 g/mol. The number of amidine groups is 1. The largest absolute Gasteiger partial charge is 0.409 e. The van der Waals surface area contributed by atoms with E-state index >= 15 is 0 Å². The molecule has 0 unspecified atom stereocenters. The molecule has 0 fully saturated rings. The van der Waals surface area contributed by atoms with E-state index in [0.29, 0.717) is 19.5 Å². The zero-order chi connectivity index (χ0) is 10.3. The lowest BCUT2D eigenvalue weighted by molar-refractivity contribution is 0.316. The van der Waals surface area contributed by atoms with Gasteiger partial charge in [-0.15, -0.1) is 0 Å². The second-order valence-electron chi connectivity index (χ2n) is 2.72. The van der Waals surface area contributed by atoms with Gasteiger partial charge in [0.15, 0.2) is 0 Å². The zero-order valence-corrected chi connectivity index (χ0v) is 8.34. The Bertz CT molecular complexity index is 260. The molecule has 0 aromatic carbocycles. The maximum atomic E-state index is 10.7. The fourth-order valence-corrected chi connectivity index (χ4v) is 1.16. The van der Waals surface area contributed by atoms with E-state index in [9.17, 15) is 8.42 Å². The summed E-state index contributed by atoms with van der Waals surface area (Å²) in [4.78, 5) is 0. The number of sulfone groups is 1. The molecular formula is C6H15N3O3S. The summed E-state index contributed by atoms with van der Waals surface area (Å²) in [5, 5.41) is 13.8. The molecule has 0 aliphatic heterocycles. The first-order valence-corrected chi connectivity index (χ1v) is 5.86. The summed E-state index contributed by atoms with van der Waals surface area (Å²) >= 11 is 0. The lowest BCUT2D eigenvalue weighted by atomic mass is 10.4. The standard InChI is InChI=1S/C6H15N3O3S/c1-13(11,12)5-4-8-3-2-6(7)9-10/h8,10H,2-5H2,1H3,(H2,7,9). The summed E-state index contributed by atoms with van der Waals surface area (Å²) in [6.45, 7) is 0.892. The number of nitrogens with zero attached hydrogens (tertiary/aromatic N) is 1. The van der Waals surface area contributed by atoms with Gasteiger partial charge in [0.25, 0.3) is 0 Å². The van der Waals surface area contributed by atoms with E-state index in [4.69, 9.17) is 10.9 Å². The van der Waals surface area contributed by atoms with E-state index < -0.39 is 9.84 Å². The van der Waals surface area contributed by atoms with E-state index in [1.54, 1.807) is 0 Å². The molecule has 0 spiro atoms. The lowest BCUT2D eigenvalue weighted by Crippen LogP contribution is -2.26. The molecule has 0 rings (SSSR count). The van der Waals surface area contributed by atoms with Crippen LogP contribution in [0.3, 0.4) is 0 Å². The molecule has 0 aromatic heterocycles. The molecule has 0 aliphatic rings. The maximum absolute atomic E-state index is 10.7. The topological polar surface area (TPSA) is 105 Å². The van der Waals surface area contributed by atoms with Crippen LogP contribution in [-0.4, -0.2) is 44.6 Å². The quantitative estimate of drug-likeness (QED) is 0.167. The number of hydrogen-bond acceptors (Lipinski definition) is 5. The highest BCUT2D eigenvalue weighted by Gasteiger charge is 2.00. The Morgan fingerprint density at radius 2 is 2.15 bits per heavy atom. The zero-order valence-electron chi connectivity index (χ0n) is 7.52. The lowest BCUT2D eigenvalue weighted by Gasteiger charge is -2.02. The van der Waals surface area contributed by atoms with Gasteiger partial charge in [-0.25, -0.2) is 8.42 Å². The minimum absolute atomic E-state index is 0.100. The Balaban J connectivity index is 3.38. The third kappa shape index (κ3) is 9.09. The van der Waals surface area contributed by atoms with Crippen LogP contribution in [0, 0.1) is 0 Å². The normalized spacial score (nSPS) is 13.2. The Morgan fingerprint density at radius 1 is 1.54 bits per heavy atom. The average Bonchev–Trinajstić information content (AvgIpc) is 2.01. The van der Waals surface area contributed by atoms with Crippen LogP contribution in [0.2, 0.25) is 0 Å². The van der Waals surface area contributed by atoms with Crippen molar-refractivity contribution >= 4 is 15.7 Å². The van der Waals surface area contributed by atoms with Gasteiger partial charge in [-0.3, -0.25) is 0 Å². The van der Waals surface area contributed by atoms with Crippen LogP contribution in [0.1, 0.15) is 6.42 Å². The molecule has 0 aromatic rings.